The van der Waals surface area contributed by atoms with Crippen LogP contribution in [0.3, 0.4) is 0 Å². The third kappa shape index (κ3) is 4.78. The number of hydrogen-bond donors (Lipinski definition) is 2. The fourth-order valence-electron chi connectivity index (χ4n) is 4.00. The zero-order valence-electron chi connectivity index (χ0n) is 17.4. The number of carbonyl (C=O) groups excluding carboxylic acids is 3. The van der Waals surface area contributed by atoms with Gasteiger partial charge in [0.2, 0.25) is 11.0 Å². The van der Waals surface area contributed by atoms with E-state index in [0.29, 0.717) is 16.9 Å². The zero-order valence-corrected chi connectivity index (χ0v) is 19.0. The normalized spacial score (nSPS) is 24.4. The summed E-state index contributed by atoms with van der Waals surface area (Å²) in [5.41, 5.74) is 2.04. The van der Waals surface area contributed by atoms with Crippen LogP contribution in [0, 0.1) is 0 Å². The number of amides is 2. The van der Waals surface area contributed by atoms with Crippen LogP contribution in [0.15, 0.2) is 58.9 Å². The van der Waals surface area contributed by atoms with Gasteiger partial charge in [-0.25, -0.2) is 4.79 Å². The van der Waals surface area contributed by atoms with Gasteiger partial charge in [0.1, 0.15) is 17.1 Å². The summed E-state index contributed by atoms with van der Waals surface area (Å²) in [6.07, 6.45) is 15.4. The molecule has 0 saturated carbocycles. The second-order valence-corrected chi connectivity index (χ2v) is 9.92. The van der Waals surface area contributed by atoms with E-state index in [1.165, 1.54) is 16.7 Å². The highest BCUT2D eigenvalue weighted by molar-refractivity contribution is 8.14. The second kappa shape index (κ2) is 9.95. The van der Waals surface area contributed by atoms with E-state index in [1.54, 1.807) is 6.08 Å². The van der Waals surface area contributed by atoms with E-state index < -0.39 is 23.3 Å². The molecule has 1 fully saturated rings. The predicted octanol–water partition coefficient (Wildman–Crippen LogP) is 2.93. The molecule has 0 unspecified atom stereocenters. The zero-order chi connectivity index (χ0) is 22.7. The topological polar surface area (TPSA) is 104 Å². The van der Waals surface area contributed by atoms with E-state index in [2.05, 4.69) is 5.32 Å². The maximum Gasteiger partial charge on any atom is 0.352 e. The number of nitrogens with one attached hydrogen (secondary N) is 1. The lowest BCUT2D eigenvalue weighted by Gasteiger charge is -2.49. The maximum absolute atomic E-state index is 12.7. The van der Waals surface area contributed by atoms with E-state index in [4.69, 9.17) is 0 Å². The molecule has 2 aliphatic carbocycles. The first-order chi connectivity index (χ1) is 15.5. The smallest absolute Gasteiger partial charge is 0.352 e. The number of fused-ring (bicyclic) bond motifs is 1. The molecule has 2 amide bonds. The summed E-state index contributed by atoms with van der Waals surface area (Å²) in [7, 11) is 0. The first-order valence-electron chi connectivity index (χ1n) is 10.5. The lowest BCUT2D eigenvalue weighted by atomic mass is 10.0. The number of carbonyl (C=O) groups is 4. The average molecular weight is 473 g/mol. The summed E-state index contributed by atoms with van der Waals surface area (Å²) in [6.45, 7) is 0. The predicted molar refractivity (Wildman–Crippen MR) is 125 cm³/mol. The van der Waals surface area contributed by atoms with Gasteiger partial charge in [0.05, 0.1) is 6.42 Å². The van der Waals surface area contributed by atoms with Crippen LogP contribution >= 0.6 is 23.5 Å². The molecule has 4 rings (SSSR count). The third-order valence-corrected chi connectivity index (χ3v) is 7.94. The maximum atomic E-state index is 12.7. The quantitative estimate of drug-likeness (QED) is 0.549. The first-order valence-corrected chi connectivity index (χ1v) is 12.6. The van der Waals surface area contributed by atoms with E-state index in [1.807, 2.05) is 30.4 Å². The number of rotatable bonds is 7. The summed E-state index contributed by atoms with van der Waals surface area (Å²) in [5, 5.41) is 12.0. The lowest BCUT2D eigenvalue weighted by Crippen LogP contribution is -2.70. The third-order valence-electron chi connectivity index (χ3n) is 5.61. The first kappa shape index (κ1) is 22.7. The molecule has 168 valence electrons. The number of nitrogens with zero attached hydrogens (tertiary/aromatic N) is 1. The fraction of sp³-hybridized carbons (Fsp3) is 0.391. The van der Waals surface area contributed by atoms with Crippen molar-refractivity contribution in [3.05, 3.63) is 58.9 Å². The van der Waals surface area contributed by atoms with Gasteiger partial charge in [-0.1, -0.05) is 48.2 Å². The molecule has 0 aromatic heterocycles. The van der Waals surface area contributed by atoms with Gasteiger partial charge in [-0.3, -0.25) is 19.3 Å². The number of thioether (sulfide) groups is 2. The van der Waals surface area contributed by atoms with Gasteiger partial charge in [-0.2, -0.15) is 0 Å². The Morgan fingerprint density at radius 1 is 1.12 bits per heavy atom. The Hall–Kier alpha value is -2.52. The minimum absolute atomic E-state index is 0.0596. The molecular formula is C23H24N2O5S2. The van der Waals surface area contributed by atoms with Crippen LogP contribution < -0.4 is 5.32 Å². The Kier molecular flexibility index (Phi) is 7.05. The number of β-lactam (4-membered cyclic amide) rings is 1. The Morgan fingerprint density at radius 3 is 2.53 bits per heavy atom. The van der Waals surface area contributed by atoms with Gasteiger partial charge >= 0.3 is 5.97 Å². The molecule has 0 bridgehead atoms. The molecule has 1 saturated heterocycles. The Labute approximate surface area is 194 Å². The summed E-state index contributed by atoms with van der Waals surface area (Å²) in [6, 6.07) is -0.733. The van der Waals surface area contributed by atoms with Gasteiger partial charge in [0, 0.05) is 17.1 Å². The summed E-state index contributed by atoms with van der Waals surface area (Å²) in [5.74, 6) is -1.25. The lowest BCUT2D eigenvalue weighted by molar-refractivity contribution is -0.150. The van der Waals surface area contributed by atoms with Crippen LogP contribution in [-0.4, -0.2) is 55.8 Å². The van der Waals surface area contributed by atoms with Crippen LogP contribution in [0.4, 0.5) is 0 Å². The molecule has 0 aromatic rings. The number of aliphatic carboxylic acids is 1. The molecule has 0 radical (unpaired) electrons. The van der Waals surface area contributed by atoms with E-state index in [9.17, 15) is 24.3 Å². The van der Waals surface area contributed by atoms with Crippen molar-refractivity contribution in [2.45, 2.75) is 43.5 Å². The van der Waals surface area contributed by atoms with Crippen molar-refractivity contribution >= 4 is 46.4 Å². The van der Waals surface area contributed by atoms with Crippen molar-refractivity contribution in [2.75, 3.05) is 11.5 Å². The molecule has 9 heteroatoms. The van der Waals surface area contributed by atoms with Crippen LogP contribution in [0.25, 0.3) is 0 Å². The van der Waals surface area contributed by atoms with Gasteiger partial charge in [0.25, 0.3) is 5.91 Å². The van der Waals surface area contributed by atoms with Crippen molar-refractivity contribution in [3.63, 3.8) is 0 Å². The Morgan fingerprint density at radius 2 is 1.88 bits per heavy atom. The summed E-state index contributed by atoms with van der Waals surface area (Å²) >= 11 is 2.47. The largest absolute Gasteiger partial charge is 0.477 e. The standard InChI is InChI=1S/C23H24N2O5S2/c26-17(11-14-7-3-1-4-8-14)24-18-20(27)25-19(22(28)29)16(12-31-21(18)25)13-32-23(30)15-9-5-2-6-10-15/h3,5,7-10,18,21H,1-2,4,6,11-13H2,(H,24,26)(H,28,29)/t18-,21-/m1/s1. The highest BCUT2D eigenvalue weighted by Crippen LogP contribution is 2.41. The van der Waals surface area contributed by atoms with Crippen molar-refractivity contribution in [3.8, 4) is 0 Å². The van der Waals surface area contributed by atoms with Gasteiger partial charge in [0.15, 0.2) is 0 Å². The van der Waals surface area contributed by atoms with Crippen molar-refractivity contribution in [2.24, 2.45) is 0 Å². The van der Waals surface area contributed by atoms with Crippen LogP contribution in [0.5, 0.6) is 0 Å². The molecular weight excluding hydrogens is 448 g/mol. The molecule has 2 atom stereocenters. The highest BCUT2D eigenvalue weighted by atomic mass is 32.2. The fourth-order valence-corrected chi connectivity index (χ4v) is 6.34. The van der Waals surface area contributed by atoms with Crippen molar-refractivity contribution in [1.82, 2.24) is 10.2 Å². The molecule has 2 aliphatic heterocycles. The minimum Gasteiger partial charge on any atom is -0.477 e. The molecule has 4 aliphatic rings. The van der Waals surface area contributed by atoms with E-state index in [-0.39, 0.29) is 28.9 Å². The van der Waals surface area contributed by atoms with Gasteiger partial charge < -0.3 is 10.4 Å². The monoisotopic (exact) mass is 472 g/mol. The van der Waals surface area contributed by atoms with Gasteiger partial charge in [-0.15, -0.1) is 11.8 Å². The van der Waals surface area contributed by atoms with Crippen LogP contribution in [0.2, 0.25) is 0 Å². The van der Waals surface area contributed by atoms with Gasteiger partial charge in [-0.05, 0) is 36.8 Å². The average Bonchev–Trinajstić information content (AvgIpc) is 2.81. The molecule has 0 aromatic carbocycles. The molecule has 2 N–H and O–H groups in total. The highest BCUT2D eigenvalue weighted by Gasteiger charge is 2.54. The molecule has 0 spiro atoms. The molecule has 32 heavy (non-hydrogen) atoms. The van der Waals surface area contributed by atoms with Crippen molar-refractivity contribution in [1.29, 1.82) is 0 Å². The summed E-state index contributed by atoms with van der Waals surface area (Å²) in [4.78, 5) is 50.8. The number of allylic oxidation sites excluding steroid dienone is 6. The number of hydrogen-bond acceptors (Lipinski definition) is 6. The van der Waals surface area contributed by atoms with Crippen LogP contribution in [0.1, 0.15) is 32.1 Å². The Bertz CT molecular complexity index is 1010. The molecule has 2 heterocycles. The van der Waals surface area contributed by atoms with Crippen molar-refractivity contribution < 1.29 is 24.3 Å². The summed E-state index contributed by atoms with van der Waals surface area (Å²) < 4.78 is 0. The SMILES string of the molecule is O=C(CC1=CCCC=C1)N[C@@H]1C(=O)N2C(C(=O)O)=C(CSC(=O)C3=CCCC=C3)CS[C@H]12. The second-order valence-electron chi connectivity index (χ2n) is 7.86. The van der Waals surface area contributed by atoms with E-state index >= 15 is 0 Å². The minimum atomic E-state index is -1.19. The van der Waals surface area contributed by atoms with Crippen LogP contribution in [-0.2, 0) is 19.2 Å². The van der Waals surface area contributed by atoms with E-state index in [0.717, 1.165) is 43.0 Å². The number of carboxylic acid groups (broad SMARTS) is 1. The number of carboxylic acids is 1. The molecule has 7 nitrogen and oxygen atoms in total. The Balaban J connectivity index is 1.40.